The van der Waals surface area contributed by atoms with Gasteiger partial charge >= 0.3 is 0 Å². The fourth-order valence-corrected chi connectivity index (χ4v) is 1.63. The summed E-state index contributed by atoms with van der Waals surface area (Å²) < 4.78 is 12.7. The van der Waals surface area contributed by atoms with E-state index in [-0.39, 0.29) is 0 Å². The molecule has 0 aliphatic carbocycles. The Kier molecular flexibility index (Phi) is 3.15. The van der Waals surface area contributed by atoms with Crippen LogP contribution in [0.4, 0.5) is 10.2 Å². The van der Waals surface area contributed by atoms with Gasteiger partial charge in [-0.25, -0.2) is 5.54 Å². The maximum atomic E-state index is 11.8. The Hall–Kier alpha value is -0.280. The maximum absolute atomic E-state index is 11.8. The van der Waals surface area contributed by atoms with Crippen LogP contribution in [0.2, 0.25) is 0 Å². The number of rotatable bonds is 2. The molecule has 11 heavy (non-hydrogen) atoms. The number of halogens is 3. The summed E-state index contributed by atoms with van der Waals surface area (Å²) >= 11 is 8.84. The van der Waals surface area contributed by atoms with E-state index in [4.69, 9.17) is 11.6 Å². The minimum absolute atomic E-state index is 0.422. The van der Waals surface area contributed by atoms with Crippen molar-refractivity contribution < 1.29 is 4.48 Å². The molecule has 0 bridgehead atoms. The lowest BCUT2D eigenvalue weighted by Crippen LogP contribution is -1.84. The fourth-order valence-electron chi connectivity index (χ4n) is 0.714. The summed E-state index contributed by atoms with van der Waals surface area (Å²) in [5, 5.41) is 0. The van der Waals surface area contributed by atoms with E-state index in [0.29, 0.717) is 11.6 Å². The van der Waals surface area contributed by atoms with Crippen LogP contribution in [-0.2, 0) is 5.88 Å². The highest BCUT2D eigenvalue weighted by Gasteiger charge is 1.98. The molecule has 0 radical (unpaired) electrons. The van der Waals surface area contributed by atoms with E-state index in [2.05, 4.69) is 15.9 Å². The Labute approximate surface area is 77.6 Å². The molecule has 1 nitrogen and oxygen atoms in total. The minimum atomic E-state index is 0.422. The molecule has 4 heteroatoms. The highest BCUT2D eigenvalue weighted by molar-refractivity contribution is 9.10. The average molecular weight is 238 g/mol. The largest absolute Gasteiger partial charge is 0.225 e. The predicted octanol–water partition coefficient (Wildman–Crippen LogP) is 3.48. The molecule has 0 aliphatic heterocycles. The van der Waals surface area contributed by atoms with Gasteiger partial charge in [0.15, 0.2) is 0 Å². The molecule has 1 aromatic carbocycles. The van der Waals surface area contributed by atoms with Crippen LogP contribution in [0, 0.1) is 0 Å². The molecule has 1 rings (SSSR count). The van der Waals surface area contributed by atoms with Crippen LogP contribution < -0.4 is 5.54 Å². The molecule has 60 valence electrons. The normalized spacial score (nSPS) is 9.73. The zero-order valence-corrected chi connectivity index (χ0v) is 7.91. The van der Waals surface area contributed by atoms with E-state index in [1.165, 1.54) is 0 Å². The first-order chi connectivity index (χ1) is 5.27. The Morgan fingerprint density at radius 1 is 1.55 bits per heavy atom. The molecule has 0 fully saturated rings. The van der Waals surface area contributed by atoms with E-state index in [1.54, 1.807) is 23.7 Å². The van der Waals surface area contributed by atoms with Crippen molar-refractivity contribution in [2.45, 2.75) is 5.88 Å². The van der Waals surface area contributed by atoms with Gasteiger partial charge in [0.25, 0.3) is 0 Å². The van der Waals surface area contributed by atoms with Crippen LogP contribution in [0.15, 0.2) is 22.7 Å². The van der Waals surface area contributed by atoms with Crippen molar-refractivity contribution >= 4 is 33.2 Å². The van der Waals surface area contributed by atoms with Crippen molar-refractivity contribution in [3.63, 3.8) is 0 Å². The molecule has 1 N–H and O–H groups in total. The lowest BCUT2D eigenvalue weighted by atomic mass is 10.2. The average Bonchev–Trinajstić information content (AvgIpc) is 2.04. The van der Waals surface area contributed by atoms with Crippen molar-refractivity contribution in [3.05, 3.63) is 28.2 Å². The zero-order valence-electron chi connectivity index (χ0n) is 5.57. The second-order valence-corrected chi connectivity index (χ2v) is 3.16. The highest BCUT2D eigenvalue weighted by atomic mass is 79.9. The molecule has 0 saturated heterocycles. The monoisotopic (exact) mass is 237 g/mol. The van der Waals surface area contributed by atoms with Gasteiger partial charge in [-0.15, -0.1) is 16.1 Å². The Morgan fingerprint density at radius 2 is 2.27 bits per heavy atom. The summed E-state index contributed by atoms with van der Waals surface area (Å²) in [5.41, 5.74) is 2.92. The van der Waals surface area contributed by atoms with Crippen LogP contribution in [-0.4, -0.2) is 0 Å². The van der Waals surface area contributed by atoms with Crippen LogP contribution in [0.5, 0.6) is 0 Å². The maximum Gasteiger partial charge on any atom is 0.0667 e. The second kappa shape index (κ2) is 3.93. The van der Waals surface area contributed by atoms with Crippen molar-refractivity contribution in [3.8, 4) is 0 Å². The molecule has 0 amide bonds. The summed E-state index contributed by atoms with van der Waals surface area (Å²) in [6.45, 7) is 0. The number of hydrogen-bond acceptors (Lipinski definition) is 1. The van der Waals surface area contributed by atoms with E-state index < -0.39 is 0 Å². The van der Waals surface area contributed by atoms with Crippen molar-refractivity contribution in [1.29, 1.82) is 0 Å². The topological polar surface area (TPSA) is 12.0 Å². The molecular formula is C7H6BrClFN. The van der Waals surface area contributed by atoms with Gasteiger partial charge in [-0.2, -0.15) is 0 Å². The lowest BCUT2D eigenvalue weighted by Gasteiger charge is -2.01. The first-order valence-electron chi connectivity index (χ1n) is 2.99. The van der Waals surface area contributed by atoms with Crippen LogP contribution in [0.25, 0.3) is 0 Å². The minimum Gasteiger partial charge on any atom is -0.225 e. The molecule has 0 aliphatic rings. The summed E-state index contributed by atoms with van der Waals surface area (Å²) in [5.74, 6) is 0.424. The molecule has 0 spiro atoms. The van der Waals surface area contributed by atoms with Crippen LogP contribution >= 0.6 is 27.5 Å². The van der Waals surface area contributed by atoms with E-state index in [9.17, 15) is 4.48 Å². The number of hydrogen-bond donors (Lipinski definition) is 1. The van der Waals surface area contributed by atoms with Gasteiger partial charge in [0.2, 0.25) is 0 Å². The smallest absolute Gasteiger partial charge is 0.0667 e. The van der Waals surface area contributed by atoms with E-state index >= 15 is 0 Å². The van der Waals surface area contributed by atoms with Crippen molar-refractivity contribution in [1.82, 2.24) is 0 Å². The summed E-state index contributed by atoms with van der Waals surface area (Å²) in [6, 6.07) is 5.03. The molecule has 0 aromatic heterocycles. The third-order valence-corrected chi connectivity index (χ3v) is 2.33. The lowest BCUT2D eigenvalue weighted by molar-refractivity contribution is 0.617. The standard InChI is InChI=1S/C7H6BrClFN/c8-7-3-6(11-10)2-1-5(7)4-9/h1-3,11H,4H2. The molecule has 0 heterocycles. The van der Waals surface area contributed by atoms with Gasteiger partial charge in [0, 0.05) is 10.4 Å². The third-order valence-electron chi connectivity index (χ3n) is 1.31. The highest BCUT2D eigenvalue weighted by Crippen LogP contribution is 2.22. The molecule has 0 atom stereocenters. The first kappa shape index (κ1) is 8.81. The van der Waals surface area contributed by atoms with Gasteiger partial charge in [-0.3, -0.25) is 0 Å². The quantitative estimate of drug-likeness (QED) is 0.614. The second-order valence-electron chi connectivity index (χ2n) is 2.03. The number of anilines is 1. The van der Waals surface area contributed by atoms with E-state index in [0.717, 1.165) is 10.0 Å². The van der Waals surface area contributed by atoms with Crippen molar-refractivity contribution in [2.24, 2.45) is 0 Å². The van der Waals surface area contributed by atoms with Gasteiger partial charge < -0.3 is 0 Å². The number of alkyl halides is 1. The van der Waals surface area contributed by atoms with Gasteiger partial charge in [0.1, 0.15) is 0 Å². The molecule has 0 saturated carbocycles. The fraction of sp³-hybridized carbons (Fsp3) is 0.143. The molecule has 1 aromatic rings. The van der Waals surface area contributed by atoms with Crippen LogP contribution in [0.1, 0.15) is 5.56 Å². The summed E-state index contributed by atoms with van der Waals surface area (Å²) in [4.78, 5) is 0. The third kappa shape index (κ3) is 2.07. The first-order valence-corrected chi connectivity index (χ1v) is 4.31. The Bertz CT molecular complexity index is 254. The predicted molar refractivity (Wildman–Crippen MR) is 48.4 cm³/mol. The number of benzene rings is 1. The number of nitrogens with one attached hydrogen (secondary N) is 1. The zero-order chi connectivity index (χ0) is 8.27. The van der Waals surface area contributed by atoms with Gasteiger partial charge in [-0.1, -0.05) is 22.0 Å². The van der Waals surface area contributed by atoms with E-state index in [1.807, 2.05) is 0 Å². The molecular weight excluding hydrogens is 232 g/mol. The van der Waals surface area contributed by atoms with Crippen molar-refractivity contribution in [2.75, 3.05) is 5.54 Å². The SMILES string of the molecule is FNc1ccc(CCl)c(Br)c1. The Balaban J connectivity index is 2.99. The molecule has 0 unspecified atom stereocenters. The van der Waals surface area contributed by atoms with Gasteiger partial charge in [-0.05, 0) is 17.7 Å². The summed E-state index contributed by atoms with van der Waals surface area (Å²) in [7, 11) is 0. The van der Waals surface area contributed by atoms with Gasteiger partial charge in [0.05, 0.1) is 5.69 Å². The Morgan fingerprint density at radius 3 is 2.73 bits per heavy atom. The van der Waals surface area contributed by atoms with Crippen LogP contribution in [0.3, 0.4) is 0 Å². The summed E-state index contributed by atoms with van der Waals surface area (Å²) in [6.07, 6.45) is 0.